The van der Waals surface area contributed by atoms with Crippen molar-refractivity contribution in [3.05, 3.63) is 75.7 Å². The Bertz CT molecular complexity index is 977. The van der Waals surface area contributed by atoms with E-state index in [0.29, 0.717) is 16.7 Å². The van der Waals surface area contributed by atoms with Crippen molar-refractivity contribution in [2.24, 2.45) is 5.73 Å². The maximum atomic E-state index is 12.5. The van der Waals surface area contributed by atoms with E-state index in [2.05, 4.69) is 41.5 Å². The van der Waals surface area contributed by atoms with Crippen molar-refractivity contribution >= 4 is 16.7 Å². The monoisotopic (exact) mass is 350 g/mol. The number of aromatic nitrogens is 2. The van der Waals surface area contributed by atoms with Crippen LogP contribution in [0.5, 0.6) is 0 Å². The van der Waals surface area contributed by atoms with Crippen molar-refractivity contribution < 1.29 is 4.79 Å². The van der Waals surface area contributed by atoms with Gasteiger partial charge < -0.3 is 11.1 Å². The molecule has 6 nitrogen and oxygen atoms in total. The molecule has 26 heavy (non-hydrogen) atoms. The van der Waals surface area contributed by atoms with Gasteiger partial charge in [0.05, 0.1) is 5.39 Å². The molecule has 0 bridgehead atoms. The lowest BCUT2D eigenvalue weighted by Gasteiger charge is -2.15. The second-order valence-corrected chi connectivity index (χ2v) is 6.58. The van der Waals surface area contributed by atoms with Crippen molar-refractivity contribution in [3.63, 3.8) is 0 Å². The minimum absolute atomic E-state index is 0.183. The first-order valence-electron chi connectivity index (χ1n) is 8.58. The molecule has 1 aromatic heterocycles. The Morgan fingerprint density at radius 2 is 1.69 bits per heavy atom. The molecule has 1 heterocycles. The summed E-state index contributed by atoms with van der Waals surface area (Å²) in [6, 6.07) is 14.6. The molecule has 134 valence electrons. The van der Waals surface area contributed by atoms with Gasteiger partial charge in [0.2, 0.25) is 0 Å². The number of hydrogen-bond acceptors (Lipinski definition) is 4. The van der Waals surface area contributed by atoms with E-state index in [1.54, 1.807) is 24.3 Å². The molecule has 3 aromatic rings. The number of carbonyl (C=O) groups excluding carboxylic acids is 1. The predicted octanol–water partition coefficient (Wildman–Crippen LogP) is 2.48. The molecule has 0 saturated heterocycles. The van der Waals surface area contributed by atoms with Gasteiger partial charge in [0.25, 0.3) is 11.5 Å². The lowest BCUT2D eigenvalue weighted by molar-refractivity contribution is 0.0947. The summed E-state index contributed by atoms with van der Waals surface area (Å²) in [7, 11) is 0. The van der Waals surface area contributed by atoms with Gasteiger partial charge in [0, 0.05) is 18.0 Å². The highest BCUT2D eigenvalue weighted by Gasteiger charge is 2.15. The molecule has 6 heteroatoms. The minimum atomic E-state index is -0.369. The van der Waals surface area contributed by atoms with Crippen LogP contribution in [-0.2, 0) is 0 Å². The Balaban J connectivity index is 1.73. The molecular weight excluding hydrogens is 328 g/mol. The van der Waals surface area contributed by atoms with E-state index in [9.17, 15) is 9.59 Å². The molecule has 3 rings (SSSR count). The van der Waals surface area contributed by atoms with Crippen LogP contribution in [0.4, 0.5) is 0 Å². The minimum Gasteiger partial charge on any atom is -0.349 e. The molecule has 0 aliphatic rings. The van der Waals surface area contributed by atoms with Crippen LogP contribution in [0.25, 0.3) is 10.8 Å². The molecule has 0 spiro atoms. The highest BCUT2D eigenvalue weighted by molar-refractivity contribution is 6.04. The molecule has 0 radical (unpaired) electrons. The van der Waals surface area contributed by atoms with Gasteiger partial charge in [0.1, 0.15) is 0 Å². The Kier molecular flexibility index (Phi) is 5.14. The van der Waals surface area contributed by atoms with E-state index in [0.717, 1.165) is 5.56 Å². The Hall–Kier alpha value is -2.99. The Morgan fingerprint density at radius 1 is 1.08 bits per heavy atom. The molecule has 1 amide bonds. The summed E-state index contributed by atoms with van der Waals surface area (Å²) in [6.45, 7) is 4.54. The number of aromatic amines is 1. The third-order valence-electron chi connectivity index (χ3n) is 4.42. The van der Waals surface area contributed by atoms with Crippen LogP contribution >= 0.6 is 0 Å². The number of fused-ring (bicyclic) bond motifs is 1. The van der Waals surface area contributed by atoms with E-state index in [1.165, 1.54) is 5.56 Å². The first-order valence-corrected chi connectivity index (χ1v) is 8.58. The van der Waals surface area contributed by atoms with Crippen LogP contribution < -0.4 is 16.6 Å². The van der Waals surface area contributed by atoms with Crippen LogP contribution in [-0.4, -0.2) is 22.6 Å². The zero-order chi connectivity index (χ0) is 18.7. The average Bonchev–Trinajstić information content (AvgIpc) is 2.66. The number of nitrogens with one attached hydrogen (secondary N) is 2. The van der Waals surface area contributed by atoms with Gasteiger partial charge in [-0.3, -0.25) is 9.59 Å². The lowest BCUT2D eigenvalue weighted by atomic mass is 9.99. The molecule has 0 saturated carbocycles. The van der Waals surface area contributed by atoms with Crippen LogP contribution in [0.3, 0.4) is 0 Å². The average molecular weight is 350 g/mol. The maximum absolute atomic E-state index is 12.5. The van der Waals surface area contributed by atoms with Crippen molar-refractivity contribution in [2.75, 3.05) is 6.54 Å². The summed E-state index contributed by atoms with van der Waals surface area (Å²) in [4.78, 5) is 24.3. The summed E-state index contributed by atoms with van der Waals surface area (Å²) in [6.07, 6.45) is 0. The molecule has 4 N–H and O–H groups in total. The molecule has 0 aliphatic carbocycles. The molecule has 0 fully saturated rings. The summed E-state index contributed by atoms with van der Waals surface area (Å²) in [5.41, 5.74) is 8.25. The van der Waals surface area contributed by atoms with E-state index in [4.69, 9.17) is 5.73 Å². The lowest BCUT2D eigenvalue weighted by Crippen LogP contribution is -2.33. The van der Waals surface area contributed by atoms with E-state index in [-0.39, 0.29) is 29.7 Å². The topological polar surface area (TPSA) is 101 Å². The zero-order valence-electron chi connectivity index (χ0n) is 14.8. The smallest absolute Gasteiger partial charge is 0.272 e. The summed E-state index contributed by atoms with van der Waals surface area (Å²) in [5, 5.41) is 10.0. The summed E-state index contributed by atoms with van der Waals surface area (Å²) < 4.78 is 0. The SMILES string of the molecule is CC(C)c1ccc(C(N)CNC(=O)c2n[nH]c(=O)c3ccccc23)cc1. The number of benzene rings is 2. The number of nitrogens with zero attached hydrogens (tertiary/aromatic N) is 1. The summed E-state index contributed by atoms with van der Waals surface area (Å²) in [5.74, 6) is 0.0891. The molecular formula is C20H22N4O2. The highest BCUT2D eigenvalue weighted by atomic mass is 16.2. The fourth-order valence-corrected chi connectivity index (χ4v) is 2.82. The summed E-state index contributed by atoms with van der Waals surface area (Å²) >= 11 is 0. The second-order valence-electron chi connectivity index (χ2n) is 6.58. The molecule has 0 aliphatic heterocycles. The largest absolute Gasteiger partial charge is 0.349 e. The number of hydrogen-bond donors (Lipinski definition) is 3. The molecule has 1 atom stereocenters. The quantitative estimate of drug-likeness (QED) is 0.658. The van der Waals surface area contributed by atoms with Gasteiger partial charge in [-0.25, -0.2) is 5.10 Å². The standard InChI is InChI=1S/C20H22N4O2/c1-12(2)13-7-9-14(10-8-13)17(21)11-22-20(26)18-15-5-3-4-6-16(15)19(25)24-23-18/h3-10,12,17H,11,21H2,1-2H3,(H,22,26)(H,24,25). The van der Waals surface area contributed by atoms with Gasteiger partial charge in [-0.1, -0.05) is 56.3 Å². The molecule has 2 aromatic carbocycles. The number of H-pyrrole nitrogens is 1. The number of amides is 1. The fraction of sp³-hybridized carbons (Fsp3) is 0.250. The van der Waals surface area contributed by atoms with Crippen molar-refractivity contribution in [1.82, 2.24) is 15.5 Å². The van der Waals surface area contributed by atoms with Crippen LogP contribution in [0.15, 0.2) is 53.3 Å². The number of nitrogens with two attached hydrogens (primary N) is 1. The van der Waals surface area contributed by atoms with E-state index in [1.807, 2.05) is 12.1 Å². The zero-order valence-corrected chi connectivity index (χ0v) is 14.8. The maximum Gasteiger partial charge on any atom is 0.272 e. The van der Waals surface area contributed by atoms with Gasteiger partial charge in [-0.2, -0.15) is 5.10 Å². The Morgan fingerprint density at radius 3 is 2.35 bits per heavy atom. The van der Waals surface area contributed by atoms with Crippen molar-refractivity contribution in [1.29, 1.82) is 0 Å². The van der Waals surface area contributed by atoms with Crippen LogP contribution in [0, 0.1) is 0 Å². The fourth-order valence-electron chi connectivity index (χ4n) is 2.82. The van der Waals surface area contributed by atoms with Gasteiger partial charge >= 0.3 is 0 Å². The van der Waals surface area contributed by atoms with Crippen LogP contribution in [0.2, 0.25) is 0 Å². The van der Waals surface area contributed by atoms with Gasteiger partial charge in [0.15, 0.2) is 5.69 Å². The molecule has 1 unspecified atom stereocenters. The van der Waals surface area contributed by atoms with Crippen molar-refractivity contribution in [3.8, 4) is 0 Å². The first-order chi connectivity index (χ1) is 12.5. The number of rotatable bonds is 5. The third kappa shape index (κ3) is 3.65. The second kappa shape index (κ2) is 7.49. The highest BCUT2D eigenvalue weighted by Crippen LogP contribution is 2.18. The predicted molar refractivity (Wildman–Crippen MR) is 102 cm³/mol. The normalized spacial score (nSPS) is 12.3. The Labute approximate surface area is 151 Å². The van der Waals surface area contributed by atoms with Gasteiger partial charge in [-0.05, 0) is 23.1 Å². The first kappa shape index (κ1) is 17.8. The third-order valence-corrected chi connectivity index (χ3v) is 4.42. The number of carbonyl (C=O) groups is 1. The van der Waals surface area contributed by atoms with Crippen molar-refractivity contribution in [2.45, 2.75) is 25.8 Å². The van der Waals surface area contributed by atoms with Gasteiger partial charge in [-0.15, -0.1) is 0 Å². The van der Waals surface area contributed by atoms with E-state index < -0.39 is 0 Å². The van der Waals surface area contributed by atoms with Crippen LogP contribution in [0.1, 0.15) is 47.4 Å². The van der Waals surface area contributed by atoms with E-state index >= 15 is 0 Å².